The van der Waals surface area contributed by atoms with Crippen LogP contribution in [0.3, 0.4) is 0 Å². The maximum absolute atomic E-state index is 13.6. The number of hydrogen-bond acceptors (Lipinski definition) is 10. The lowest BCUT2D eigenvalue weighted by atomic mass is 9.76. The predicted octanol–water partition coefficient (Wildman–Crippen LogP) is 8.29. The molecule has 1 amide bonds. The van der Waals surface area contributed by atoms with Crippen LogP contribution in [0, 0.1) is 16.7 Å². The predicted molar refractivity (Wildman–Crippen MR) is 199 cm³/mol. The summed E-state index contributed by atoms with van der Waals surface area (Å²) in [6.45, 7) is 22.1. The second-order valence-corrected chi connectivity index (χ2v) is 15.5. The van der Waals surface area contributed by atoms with Gasteiger partial charge in [0.05, 0.1) is 28.3 Å². The standard InChI is InChI=1S/C36H41ClN8O7S/c1-9-30(52-31-15-12-21(35(4,5)10-2)16-24(31)36(6,7)11-3)34(47)41-26-18-22(17-25(37)32(26)46)42-43-33-27(39-8)20-40-44(33)28-14-13-23(53(38,50)51)19-29(28)45(48)49/h12-20,30,46H,9-11H2,1-7H3,(H,41,47)(H2,38,50,51)/p-1. The molecule has 0 radical (unpaired) electrons. The van der Waals surface area contributed by atoms with Crippen LogP contribution in [0.4, 0.5) is 28.6 Å². The van der Waals surface area contributed by atoms with E-state index in [9.17, 15) is 28.4 Å². The van der Waals surface area contributed by atoms with Crippen molar-refractivity contribution >= 4 is 56.1 Å². The average Bonchev–Trinajstić information content (AvgIpc) is 3.53. The number of nitrogens with two attached hydrogens (primary N) is 1. The zero-order valence-electron chi connectivity index (χ0n) is 30.3. The number of nitro groups is 1. The number of primary sulfonamides is 1. The fourth-order valence-corrected chi connectivity index (χ4v) is 5.94. The van der Waals surface area contributed by atoms with Crippen LogP contribution in [0.15, 0.2) is 69.9 Å². The number of carbonyl (C=O) groups excluding carboxylic acids is 1. The Morgan fingerprint density at radius 2 is 1.77 bits per heavy atom. The summed E-state index contributed by atoms with van der Waals surface area (Å²) in [6, 6.07) is 11.3. The van der Waals surface area contributed by atoms with Crippen LogP contribution in [0.25, 0.3) is 10.5 Å². The number of ether oxygens (including phenoxy) is 1. The van der Waals surface area contributed by atoms with Crippen LogP contribution in [0.1, 0.15) is 78.9 Å². The Hall–Kier alpha value is -5.37. The molecule has 15 nitrogen and oxygen atoms in total. The molecule has 0 aliphatic heterocycles. The average molecular weight is 764 g/mol. The van der Waals surface area contributed by atoms with Gasteiger partial charge in [-0.3, -0.25) is 14.9 Å². The minimum absolute atomic E-state index is 0.0114. The number of sulfonamides is 1. The highest BCUT2D eigenvalue weighted by Gasteiger charge is 2.29. The van der Waals surface area contributed by atoms with Gasteiger partial charge in [-0.25, -0.2) is 23.1 Å². The van der Waals surface area contributed by atoms with Crippen LogP contribution < -0.4 is 20.3 Å². The maximum Gasteiger partial charge on any atom is 0.296 e. The second kappa shape index (κ2) is 15.7. The van der Waals surface area contributed by atoms with Gasteiger partial charge in [0.25, 0.3) is 17.3 Å². The Morgan fingerprint density at radius 1 is 1.09 bits per heavy atom. The van der Waals surface area contributed by atoms with Crippen molar-refractivity contribution in [2.45, 2.75) is 89.6 Å². The van der Waals surface area contributed by atoms with E-state index in [1.54, 1.807) is 6.92 Å². The van der Waals surface area contributed by atoms with Crippen molar-refractivity contribution in [1.29, 1.82) is 0 Å². The van der Waals surface area contributed by atoms with Gasteiger partial charge in [0.2, 0.25) is 10.0 Å². The zero-order valence-corrected chi connectivity index (χ0v) is 31.9. The lowest BCUT2D eigenvalue weighted by Crippen LogP contribution is -2.33. The van der Waals surface area contributed by atoms with E-state index in [0.717, 1.165) is 53.0 Å². The normalized spacial score (nSPS) is 12.8. The third-order valence-electron chi connectivity index (χ3n) is 9.28. The molecular weight excluding hydrogens is 724 g/mol. The van der Waals surface area contributed by atoms with E-state index in [1.807, 2.05) is 12.1 Å². The summed E-state index contributed by atoms with van der Waals surface area (Å²) >= 11 is 6.25. The number of aromatic nitrogens is 2. The highest BCUT2D eigenvalue weighted by atomic mass is 35.5. The summed E-state index contributed by atoms with van der Waals surface area (Å²) in [5.74, 6) is -0.982. The molecule has 0 aliphatic carbocycles. The van der Waals surface area contributed by atoms with E-state index in [1.165, 1.54) is 12.1 Å². The molecule has 4 aromatic rings. The van der Waals surface area contributed by atoms with E-state index < -0.39 is 43.3 Å². The summed E-state index contributed by atoms with van der Waals surface area (Å²) in [5, 5.41) is 44.6. The summed E-state index contributed by atoms with van der Waals surface area (Å²) < 4.78 is 30.9. The molecule has 0 bridgehead atoms. The van der Waals surface area contributed by atoms with E-state index in [4.69, 9.17) is 28.0 Å². The first-order chi connectivity index (χ1) is 24.8. The molecule has 1 atom stereocenters. The Bertz CT molecular complexity index is 2240. The highest BCUT2D eigenvalue weighted by Crippen LogP contribution is 2.41. The lowest BCUT2D eigenvalue weighted by molar-refractivity contribution is -0.384. The van der Waals surface area contributed by atoms with Gasteiger partial charge in [-0.1, -0.05) is 77.9 Å². The maximum atomic E-state index is 13.6. The fraction of sp³-hybridized carbons (Fsp3) is 0.361. The molecular formula is C36H40ClN8O7S-. The number of nitrogens with one attached hydrogen (secondary N) is 1. The number of hydrogen-bond donors (Lipinski definition) is 2. The largest absolute Gasteiger partial charge is 0.870 e. The second-order valence-electron chi connectivity index (χ2n) is 13.5. The van der Waals surface area contributed by atoms with Gasteiger partial charge >= 0.3 is 0 Å². The molecule has 0 aliphatic rings. The summed E-state index contributed by atoms with van der Waals surface area (Å²) in [6.07, 6.45) is 2.13. The Morgan fingerprint density at radius 3 is 2.36 bits per heavy atom. The lowest BCUT2D eigenvalue weighted by Gasteiger charge is -2.31. The molecule has 0 fully saturated rings. The van der Waals surface area contributed by atoms with Gasteiger partial charge in [-0.2, -0.15) is 10.2 Å². The highest BCUT2D eigenvalue weighted by molar-refractivity contribution is 7.89. The summed E-state index contributed by atoms with van der Waals surface area (Å²) in [5.41, 5.74) is 0.498. The smallest absolute Gasteiger partial charge is 0.296 e. The number of nitrogens with zero attached hydrogens (tertiary/aromatic N) is 6. The van der Waals surface area contributed by atoms with E-state index in [2.05, 4.69) is 73.1 Å². The number of amides is 1. The van der Waals surface area contributed by atoms with Gasteiger partial charge in [0.1, 0.15) is 11.4 Å². The number of benzene rings is 3. The minimum atomic E-state index is -4.27. The van der Waals surface area contributed by atoms with E-state index >= 15 is 0 Å². The van der Waals surface area contributed by atoms with Crippen molar-refractivity contribution in [2.75, 3.05) is 5.32 Å². The van der Waals surface area contributed by atoms with Crippen LogP contribution in [0.2, 0.25) is 5.02 Å². The molecule has 53 heavy (non-hydrogen) atoms. The molecule has 0 saturated heterocycles. The quantitative estimate of drug-likeness (QED) is 0.0550. The van der Waals surface area contributed by atoms with Crippen molar-refractivity contribution in [1.82, 2.24) is 9.78 Å². The van der Waals surface area contributed by atoms with Crippen LogP contribution in [-0.2, 0) is 25.6 Å². The van der Waals surface area contributed by atoms with Crippen molar-refractivity contribution < 1.29 is 28.0 Å². The first kappa shape index (κ1) is 40.4. The van der Waals surface area contributed by atoms with Crippen molar-refractivity contribution in [2.24, 2.45) is 15.4 Å². The number of rotatable bonds is 14. The Kier molecular flexibility index (Phi) is 12.0. The monoisotopic (exact) mass is 763 g/mol. The number of halogens is 1. The van der Waals surface area contributed by atoms with Crippen LogP contribution in [-0.4, -0.2) is 35.1 Å². The molecule has 1 unspecified atom stereocenters. The molecule has 0 saturated carbocycles. The SMILES string of the molecule is [C-]#[N+]c1cnn(-c2ccc(S(N)(=O)=O)cc2[N+](=O)[O-])c1N=Nc1cc(Cl)c([O-])c(NC(=O)C(CC)Oc2ccc(C(C)(C)CC)cc2C(C)(C)CC)c1. The summed E-state index contributed by atoms with van der Waals surface area (Å²) in [7, 11) is -4.27. The number of azo groups is 1. The molecule has 3 aromatic carbocycles. The number of carbonyl (C=O) groups is 1. The molecule has 280 valence electrons. The first-order valence-corrected chi connectivity index (χ1v) is 18.5. The molecule has 3 N–H and O–H groups in total. The topological polar surface area (TPSA) is 212 Å². The van der Waals surface area contributed by atoms with Crippen LogP contribution in [0.5, 0.6) is 11.5 Å². The fourth-order valence-electron chi connectivity index (χ4n) is 5.19. The molecule has 1 heterocycles. The van der Waals surface area contributed by atoms with E-state index in [-0.39, 0.29) is 50.8 Å². The van der Waals surface area contributed by atoms with Crippen molar-refractivity contribution in [3.8, 4) is 17.2 Å². The van der Waals surface area contributed by atoms with Gasteiger partial charge in [0.15, 0.2) is 11.9 Å². The Balaban J connectivity index is 1.68. The minimum Gasteiger partial charge on any atom is -0.870 e. The third-order valence-corrected chi connectivity index (χ3v) is 10.5. The number of anilines is 1. The third kappa shape index (κ3) is 8.82. The van der Waals surface area contributed by atoms with Crippen LogP contribution >= 0.6 is 11.6 Å². The van der Waals surface area contributed by atoms with Crippen molar-refractivity contribution in [3.63, 3.8) is 0 Å². The zero-order chi connectivity index (χ0) is 39.5. The van der Waals surface area contributed by atoms with E-state index in [0.29, 0.717) is 5.75 Å². The van der Waals surface area contributed by atoms with Gasteiger partial charge in [-0.15, -0.1) is 5.11 Å². The Labute approximate surface area is 312 Å². The van der Waals surface area contributed by atoms with Gasteiger partial charge in [0, 0.05) is 22.3 Å². The molecule has 17 heteroatoms. The molecule has 1 aromatic heterocycles. The molecule has 0 spiro atoms. The van der Waals surface area contributed by atoms with Crippen molar-refractivity contribution in [3.05, 3.63) is 92.4 Å². The first-order valence-electron chi connectivity index (χ1n) is 16.6. The number of nitro benzene ring substituents is 1. The van der Waals surface area contributed by atoms with Gasteiger partial charge in [-0.05, 0) is 66.0 Å². The summed E-state index contributed by atoms with van der Waals surface area (Å²) in [4.78, 5) is 27.5. The molecule has 4 rings (SSSR count). The van der Waals surface area contributed by atoms with Gasteiger partial charge < -0.3 is 15.2 Å².